The molecular weight excluding hydrogens is 78.0 g/mol. The summed E-state index contributed by atoms with van der Waals surface area (Å²) in [5, 5.41) is 7.94. The van der Waals surface area contributed by atoms with Gasteiger partial charge >= 0.3 is 0 Å². The Morgan fingerprint density at radius 3 is 2.50 bits per heavy atom. The minimum atomic E-state index is -0.231. The van der Waals surface area contributed by atoms with E-state index in [2.05, 4.69) is 5.92 Å². The highest BCUT2D eigenvalue weighted by Crippen LogP contribution is 1.67. The third-order valence-corrected chi connectivity index (χ3v) is 0.444. The van der Waals surface area contributed by atoms with Gasteiger partial charge in [0.1, 0.15) is 0 Å². The van der Waals surface area contributed by atoms with E-state index >= 15 is 0 Å². The molecule has 0 spiro atoms. The first-order valence-corrected chi connectivity index (χ1v) is 1.67. The number of nitrogens with one attached hydrogen (secondary N) is 1. The summed E-state index contributed by atoms with van der Waals surface area (Å²) in [5.74, 6) is 2.25. The average Bonchev–Trinajstić information content (AvgIpc) is 1.65. The number of hydroxylamine groups is 1. The van der Waals surface area contributed by atoms with Crippen LogP contribution in [0.15, 0.2) is 0 Å². The lowest BCUT2D eigenvalue weighted by atomic mass is 10.4. The second-order valence-electron chi connectivity index (χ2n) is 1.02. The second-order valence-corrected chi connectivity index (χ2v) is 1.02. The maximum Gasteiger partial charge on any atom is 0.0895 e. The molecule has 0 aromatic heterocycles. The van der Waals surface area contributed by atoms with Gasteiger partial charge in [0.2, 0.25) is 0 Å². The summed E-state index contributed by atoms with van der Waals surface area (Å²) in [6.45, 7) is 1.68. The summed E-state index contributed by atoms with van der Waals surface area (Å²) < 4.78 is 0. The van der Waals surface area contributed by atoms with Crippen LogP contribution in [0, 0.1) is 12.3 Å². The molecule has 0 aliphatic rings. The maximum absolute atomic E-state index is 7.94. The van der Waals surface area contributed by atoms with Crippen molar-refractivity contribution in [2.75, 3.05) is 0 Å². The standard InChI is InChI=1S/C4H7NO/c1-3-4(2)5-6/h1,4-6H,2H3/t4-/m1/s1. The molecule has 0 radical (unpaired) electrons. The zero-order valence-electron chi connectivity index (χ0n) is 3.60. The molecule has 0 rings (SSSR count). The van der Waals surface area contributed by atoms with Crippen LogP contribution < -0.4 is 5.48 Å². The van der Waals surface area contributed by atoms with Crippen molar-refractivity contribution in [2.24, 2.45) is 0 Å². The van der Waals surface area contributed by atoms with Gasteiger partial charge in [-0.15, -0.1) is 6.42 Å². The lowest BCUT2D eigenvalue weighted by Crippen LogP contribution is -2.18. The fraction of sp³-hybridized carbons (Fsp3) is 0.500. The van der Waals surface area contributed by atoms with E-state index in [1.807, 2.05) is 5.48 Å². The molecule has 6 heavy (non-hydrogen) atoms. The fourth-order valence-corrected chi connectivity index (χ4v) is 0.0373. The molecular formula is C4H7NO. The van der Waals surface area contributed by atoms with Crippen LogP contribution in [-0.2, 0) is 0 Å². The SMILES string of the molecule is C#C[C@@H](C)NO. The van der Waals surface area contributed by atoms with E-state index in [1.165, 1.54) is 0 Å². The highest BCUT2D eigenvalue weighted by molar-refractivity contribution is 4.93. The van der Waals surface area contributed by atoms with Gasteiger partial charge in [-0.3, -0.25) is 0 Å². The Labute approximate surface area is 37.1 Å². The van der Waals surface area contributed by atoms with Crippen LogP contribution in [0.3, 0.4) is 0 Å². The fourth-order valence-electron chi connectivity index (χ4n) is 0.0373. The molecule has 34 valence electrons. The summed E-state index contributed by atoms with van der Waals surface area (Å²) >= 11 is 0. The normalized spacial score (nSPS) is 12.8. The number of hydrogen-bond donors (Lipinski definition) is 2. The van der Waals surface area contributed by atoms with E-state index in [0.29, 0.717) is 0 Å². The molecule has 0 aromatic rings. The summed E-state index contributed by atoms with van der Waals surface area (Å²) in [7, 11) is 0. The molecule has 2 heteroatoms. The number of rotatable bonds is 1. The Morgan fingerprint density at radius 1 is 2.00 bits per heavy atom. The number of hydrogen-bond acceptors (Lipinski definition) is 2. The largest absolute Gasteiger partial charge is 0.316 e. The predicted octanol–water partition coefficient (Wildman–Crippen LogP) is -0.0131. The first-order valence-electron chi connectivity index (χ1n) is 1.67. The van der Waals surface area contributed by atoms with E-state index in [9.17, 15) is 0 Å². The third kappa shape index (κ3) is 1.77. The van der Waals surface area contributed by atoms with Crippen molar-refractivity contribution in [2.45, 2.75) is 13.0 Å². The van der Waals surface area contributed by atoms with Crippen molar-refractivity contribution < 1.29 is 5.21 Å². The van der Waals surface area contributed by atoms with Crippen molar-refractivity contribution in [3.63, 3.8) is 0 Å². The Hall–Kier alpha value is -0.520. The highest BCUT2D eigenvalue weighted by Gasteiger charge is 1.84. The summed E-state index contributed by atoms with van der Waals surface area (Å²) in [5.41, 5.74) is 1.88. The van der Waals surface area contributed by atoms with Crippen molar-refractivity contribution in [3.05, 3.63) is 0 Å². The maximum atomic E-state index is 7.94. The molecule has 0 aromatic carbocycles. The van der Waals surface area contributed by atoms with Crippen molar-refractivity contribution in [1.29, 1.82) is 0 Å². The van der Waals surface area contributed by atoms with Gasteiger partial charge in [-0.2, -0.15) is 5.48 Å². The van der Waals surface area contributed by atoms with Crippen LogP contribution in [0.4, 0.5) is 0 Å². The van der Waals surface area contributed by atoms with Gasteiger partial charge in [0.15, 0.2) is 0 Å². The summed E-state index contributed by atoms with van der Waals surface area (Å²) in [6.07, 6.45) is 4.81. The Balaban J connectivity index is 3.04. The van der Waals surface area contributed by atoms with Crippen LogP contribution in [0.1, 0.15) is 6.92 Å². The Kier molecular flexibility index (Phi) is 2.47. The average molecular weight is 85.1 g/mol. The van der Waals surface area contributed by atoms with Gasteiger partial charge in [0, 0.05) is 0 Å². The smallest absolute Gasteiger partial charge is 0.0895 e. The zero-order chi connectivity index (χ0) is 4.99. The van der Waals surface area contributed by atoms with Gasteiger partial charge in [-0.05, 0) is 6.92 Å². The number of terminal acetylenes is 1. The van der Waals surface area contributed by atoms with E-state index < -0.39 is 0 Å². The van der Waals surface area contributed by atoms with Crippen LogP contribution in [0.2, 0.25) is 0 Å². The molecule has 0 aliphatic heterocycles. The molecule has 0 heterocycles. The van der Waals surface area contributed by atoms with Gasteiger partial charge in [-0.1, -0.05) is 5.92 Å². The van der Waals surface area contributed by atoms with Crippen LogP contribution in [0.5, 0.6) is 0 Å². The Morgan fingerprint density at radius 2 is 2.50 bits per heavy atom. The van der Waals surface area contributed by atoms with Crippen molar-refractivity contribution >= 4 is 0 Å². The van der Waals surface area contributed by atoms with E-state index in [4.69, 9.17) is 11.6 Å². The van der Waals surface area contributed by atoms with E-state index in [-0.39, 0.29) is 6.04 Å². The molecule has 0 saturated heterocycles. The van der Waals surface area contributed by atoms with Crippen molar-refractivity contribution in [3.8, 4) is 12.3 Å². The lowest BCUT2D eigenvalue weighted by molar-refractivity contribution is 0.152. The molecule has 2 nitrogen and oxygen atoms in total. The molecule has 0 saturated carbocycles. The predicted molar refractivity (Wildman–Crippen MR) is 23.2 cm³/mol. The topological polar surface area (TPSA) is 32.3 Å². The molecule has 2 N–H and O–H groups in total. The third-order valence-electron chi connectivity index (χ3n) is 0.444. The molecule has 0 unspecified atom stereocenters. The van der Waals surface area contributed by atoms with Crippen LogP contribution in [0.25, 0.3) is 0 Å². The van der Waals surface area contributed by atoms with Crippen molar-refractivity contribution in [1.82, 2.24) is 5.48 Å². The highest BCUT2D eigenvalue weighted by atomic mass is 16.5. The van der Waals surface area contributed by atoms with Gasteiger partial charge in [-0.25, -0.2) is 0 Å². The summed E-state index contributed by atoms with van der Waals surface area (Å²) in [4.78, 5) is 0. The van der Waals surface area contributed by atoms with Crippen LogP contribution in [-0.4, -0.2) is 11.2 Å². The monoisotopic (exact) mass is 85.1 g/mol. The minimum absolute atomic E-state index is 0.231. The quantitative estimate of drug-likeness (QED) is 0.346. The second kappa shape index (κ2) is 2.70. The van der Waals surface area contributed by atoms with Gasteiger partial charge in [0.05, 0.1) is 6.04 Å². The first kappa shape index (κ1) is 5.48. The Bertz CT molecular complexity index is 64.4. The lowest BCUT2D eigenvalue weighted by Gasteiger charge is -1.93. The van der Waals surface area contributed by atoms with Crippen LogP contribution >= 0.6 is 0 Å². The molecule has 1 atom stereocenters. The van der Waals surface area contributed by atoms with E-state index in [1.54, 1.807) is 6.92 Å². The first-order chi connectivity index (χ1) is 2.81. The molecule has 0 fully saturated rings. The zero-order valence-corrected chi connectivity index (χ0v) is 3.60. The van der Waals surface area contributed by atoms with Gasteiger partial charge in [0.25, 0.3) is 0 Å². The minimum Gasteiger partial charge on any atom is -0.316 e. The summed E-state index contributed by atoms with van der Waals surface area (Å²) in [6, 6.07) is -0.231. The molecule has 0 bridgehead atoms. The molecule has 0 aliphatic carbocycles. The van der Waals surface area contributed by atoms with E-state index in [0.717, 1.165) is 0 Å². The molecule has 0 amide bonds. The van der Waals surface area contributed by atoms with Gasteiger partial charge < -0.3 is 5.21 Å².